The molecule has 1 heterocycles. The molecule has 2 nitrogen and oxygen atoms in total. The summed E-state index contributed by atoms with van der Waals surface area (Å²) in [6.07, 6.45) is 0. The van der Waals surface area contributed by atoms with E-state index in [4.69, 9.17) is 9.97 Å². The van der Waals surface area contributed by atoms with E-state index in [0.717, 1.165) is 33.9 Å². The number of hydrogen-bond donors (Lipinski definition) is 0. The lowest BCUT2D eigenvalue weighted by molar-refractivity contribution is 1.18. The van der Waals surface area contributed by atoms with E-state index in [-0.39, 0.29) is 0 Å². The summed E-state index contributed by atoms with van der Waals surface area (Å²) in [6.45, 7) is 2.15. The SMILES string of the molecule is Cc1ccc(-c2cc(-c3ccccc3)nc(-c3ccccc3)n2)c2ccccc12. The van der Waals surface area contributed by atoms with Gasteiger partial charge in [-0.05, 0) is 29.3 Å². The summed E-state index contributed by atoms with van der Waals surface area (Å²) in [4.78, 5) is 9.85. The highest BCUT2D eigenvalue weighted by Crippen LogP contribution is 2.33. The number of fused-ring (bicyclic) bond motifs is 1. The zero-order valence-electron chi connectivity index (χ0n) is 16.2. The summed E-state index contributed by atoms with van der Waals surface area (Å²) >= 11 is 0. The van der Waals surface area contributed by atoms with Gasteiger partial charge in [0.25, 0.3) is 0 Å². The third kappa shape index (κ3) is 3.30. The van der Waals surface area contributed by atoms with Crippen molar-refractivity contribution >= 4 is 10.8 Å². The fourth-order valence-electron chi connectivity index (χ4n) is 3.73. The first-order valence-electron chi connectivity index (χ1n) is 9.78. The summed E-state index contributed by atoms with van der Waals surface area (Å²) < 4.78 is 0. The molecule has 0 atom stereocenters. The van der Waals surface area contributed by atoms with E-state index in [1.807, 2.05) is 36.4 Å². The van der Waals surface area contributed by atoms with E-state index < -0.39 is 0 Å². The normalized spacial score (nSPS) is 10.9. The van der Waals surface area contributed by atoms with Crippen LogP contribution in [0.15, 0.2) is 103 Å². The minimum atomic E-state index is 0.742. The lowest BCUT2D eigenvalue weighted by atomic mass is 9.97. The van der Waals surface area contributed by atoms with Crippen LogP contribution in [-0.4, -0.2) is 9.97 Å². The fraction of sp³-hybridized carbons (Fsp3) is 0.0370. The van der Waals surface area contributed by atoms with Gasteiger partial charge in [-0.25, -0.2) is 9.97 Å². The maximum Gasteiger partial charge on any atom is 0.160 e. The van der Waals surface area contributed by atoms with Crippen molar-refractivity contribution in [2.45, 2.75) is 6.92 Å². The molecular weight excluding hydrogens is 352 g/mol. The molecule has 4 aromatic carbocycles. The maximum absolute atomic E-state index is 4.97. The van der Waals surface area contributed by atoms with E-state index in [1.165, 1.54) is 16.3 Å². The Labute approximate surface area is 170 Å². The molecule has 0 N–H and O–H groups in total. The topological polar surface area (TPSA) is 25.8 Å². The molecule has 0 fully saturated rings. The van der Waals surface area contributed by atoms with Crippen molar-refractivity contribution in [3.8, 4) is 33.9 Å². The minimum Gasteiger partial charge on any atom is -0.228 e. The molecule has 0 unspecified atom stereocenters. The number of rotatable bonds is 3. The van der Waals surface area contributed by atoms with E-state index in [1.54, 1.807) is 0 Å². The van der Waals surface area contributed by atoms with Crippen LogP contribution in [-0.2, 0) is 0 Å². The van der Waals surface area contributed by atoms with Crippen molar-refractivity contribution in [2.24, 2.45) is 0 Å². The van der Waals surface area contributed by atoms with Gasteiger partial charge in [-0.3, -0.25) is 0 Å². The van der Waals surface area contributed by atoms with Gasteiger partial charge in [0.2, 0.25) is 0 Å². The smallest absolute Gasteiger partial charge is 0.160 e. The summed E-state index contributed by atoms with van der Waals surface area (Å²) in [6, 6.07) is 35.4. The standard InChI is InChI=1S/C27H20N2/c1-19-16-17-24(23-15-9-8-14-22(19)23)26-18-25(20-10-4-2-5-11-20)28-27(29-26)21-12-6-3-7-13-21/h2-18H,1H3. The van der Waals surface area contributed by atoms with Gasteiger partial charge in [-0.1, -0.05) is 97.1 Å². The van der Waals surface area contributed by atoms with E-state index in [9.17, 15) is 0 Å². The van der Waals surface area contributed by atoms with Crippen molar-refractivity contribution in [1.82, 2.24) is 9.97 Å². The molecule has 0 amide bonds. The van der Waals surface area contributed by atoms with Gasteiger partial charge < -0.3 is 0 Å². The third-order valence-electron chi connectivity index (χ3n) is 5.25. The van der Waals surface area contributed by atoms with Crippen molar-refractivity contribution in [3.05, 3.63) is 109 Å². The Balaban J connectivity index is 1.79. The second-order valence-electron chi connectivity index (χ2n) is 7.17. The number of aryl methyl sites for hydroxylation is 1. The zero-order chi connectivity index (χ0) is 19.6. The van der Waals surface area contributed by atoms with Crippen molar-refractivity contribution < 1.29 is 0 Å². The first kappa shape index (κ1) is 17.3. The van der Waals surface area contributed by atoms with Crippen LogP contribution in [0.5, 0.6) is 0 Å². The fourth-order valence-corrected chi connectivity index (χ4v) is 3.73. The molecule has 0 spiro atoms. The molecule has 5 rings (SSSR count). The Bertz CT molecular complexity index is 1230. The number of hydrogen-bond acceptors (Lipinski definition) is 2. The van der Waals surface area contributed by atoms with Gasteiger partial charge in [0, 0.05) is 16.7 Å². The Kier molecular flexibility index (Phi) is 4.38. The monoisotopic (exact) mass is 372 g/mol. The molecule has 0 saturated heterocycles. The molecule has 0 radical (unpaired) electrons. The van der Waals surface area contributed by atoms with Crippen LogP contribution >= 0.6 is 0 Å². The molecule has 0 aliphatic heterocycles. The van der Waals surface area contributed by atoms with Crippen LogP contribution in [0, 0.1) is 6.92 Å². The van der Waals surface area contributed by atoms with Crippen molar-refractivity contribution in [3.63, 3.8) is 0 Å². The molecule has 0 aliphatic carbocycles. The van der Waals surface area contributed by atoms with Gasteiger partial charge in [0.15, 0.2) is 5.82 Å². The van der Waals surface area contributed by atoms with Gasteiger partial charge in [0.1, 0.15) is 0 Å². The summed E-state index contributed by atoms with van der Waals surface area (Å²) in [7, 11) is 0. The largest absolute Gasteiger partial charge is 0.228 e. The Morgan fingerprint density at radius 3 is 1.83 bits per heavy atom. The van der Waals surface area contributed by atoms with E-state index in [0.29, 0.717) is 0 Å². The maximum atomic E-state index is 4.97. The molecule has 29 heavy (non-hydrogen) atoms. The van der Waals surface area contributed by atoms with Crippen LogP contribution in [0.1, 0.15) is 5.56 Å². The second kappa shape index (κ2) is 7.33. The number of aromatic nitrogens is 2. The van der Waals surface area contributed by atoms with Crippen LogP contribution in [0.3, 0.4) is 0 Å². The van der Waals surface area contributed by atoms with Crippen LogP contribution in [0.25, 0.3) is 44.7 Å². The average molecular weight is 372 g/mol. The first-order valence-corrected chi connectivity index (χ1v) is 9.78. The number of nitrogens with zero attached hydrogens (tertiary/aromatic N) is 2. The highest BCUT2D eigenvalue weighted by atomic mass is 14.9. The molecule has 0 bridgehead atoms. The molecule has 0 aliphatic rings. The van der Waals surface area contributed by atoms with Gasteiger partial charge in [-0.15, -0.1) is 0 Å². The average Bonchev–Trinajstić information content (AvgIpc) is 2.80. The molecule has 1 aromatic heterocycles. The second-order valence-corrected chi connectivity index (χ2v) is 7.17. The Morgan fingerprint density at radius 1 is 0.517 bits per heavy atom. The highest BCUT2D eigenvalue weighted by molar-refractivity contribution is 5.98. The van der Waals surface area contributed by atoms with Crippen molar-refractivity contribution in [2.75, 3.05) is 0 Å². The van der Waals surface area contributed by atoms with E-state index in [2.05, 4.69) is 73.7 Å². The first-order chi connectivity index (χ1) is 14.3. The third-order valence-corrected chi connectivity index (χ3v) is 5.25. The van der Waals surface area contributed by atoms with Crippen molar-refractivity contribution in [1.29, 1.82) is 0 Å². The highest BCUT2D eigenvalue weighted by Gasteiger charge is 2.12. The molecule has 0 saturated carbocycles. The van der Waals surface area contributed by atoms with Crippen LogP contribution in [0.2, 0.25) is 0 Å². The minimum absolute atomic E-state index is 0.742. The van der Waals surface area contributed by atoms with Gasteiger partial charge >= 0.3 is 0 Å². The number of benzene rings is 4. The summed E-state index contributed by atoms with van der Waals surface area (Å²) in [5, 5.41) is 2.47. The zero-order valence-corrected chi connectivity index (χ0v) is 16.2. The van der Waals surface area contributed by atoms with Crippen LogP contribution in [0.4, 0.5) is 0 Å². The molecule has 2 heteroatoms. The lowest BCUT2D eigenvalue weighted by Gasteiger charge is -2.12. The van der Waals surface area contributed by atoms with E-state index >= 15 is 0 Å². The quantitative estimate of drug-likeness (QED) is 0.343. The summed E-state index contributed by atoms with van der Waals surface area (Å²) in [5.74, 6) is 0.742. The van der Waals surface area contributed by atoms with Gasteiger partial charge in [0.05, 0.1) is 11.4 Å². The molecular formula is C27H20N2. The molecule has 138 valence electrons. The Morgan fingerprint density at radius 2 is 1.10 bits per heavy atom. The van der Waals surface area contributed by atoms with Crippen LogP contribution < -0.4 is 0 Å². The Hall–Kier alpha value is -3.78. The predicted octanol–water partition coefficient (Wildman–Crippen LogP) is 6.94. The van der Waals surface area contributed by atoms with Gasteiger partial charge in [-0.2, -0.15) is 0 Å². The predicted molar refractivity (Wildman–Crippen MR) is 121 cm³/mol. The lowest BCUT2D eigenvalue weighted by Crippen LogP contribution is -1.96. The summed E-state index contributed by atoms with van der Waals surface area (Å²) in [5.41, 5.74) is 6.37. The molecule has 5 aromatic rings.